The van der Waals surface area contributed by atoms with Crippen LogP contribution in [0.4, 0.5) is 0 Å². The van der Waals surface area contributed by atoms with Gasteiger partial charge in [-0.15, -0.1) is 10.2 Å². The molecule has 0 saturated carbocycles. The molecule has 0 unspecified atom stereocenters. The van der Waals surface area contributed by atoms with Crippen LogP contribution in [0.5, 0.6) is 0 Å². The monoisotopic (exact) mass is 191 g/mol. The van der Waals surface area contributed by atoms with Gasteiger partial charge in [-0.1, -0.05) is 0 Å². The minimum Gasteiger partial charge on any atom is -0.323 e. The zero-order valence-corrected chi connectivity index (χ0v) is 7.57. The molecule has 0 aliphatic heterocycles. The summed E-state index contributed by atoms with van der Waals surface area (Å²) in [7, 11) is 0. The van der Waals surface area contributed by atoms with Gasteiger partial charge < -0.3 is 5.73 Å². The van der Waals surface area contributed by atoms with Crippen molar-refractivity contribution in [3.63, 3.8) is 0 Å². The van der Waals surface area contributed by atoms with Crippen LogP contribution in [0.1, 0.15) is 18.7 Å². The third kappa shape index (κ3) is 1.57. The number of nitrogens with zero attached hydrogens (tertiary/aromatic N) is 6. The number of nitrogens with two attached hydrogens (primary N) is 1. The molecule has 2 aromatic rings. The molecule has 0 amide bonds. The van der Waals surface area contributed by atoms with Crippen LogP contribution in [0.3, 0.4) is 0 Å². The minimum atomic E-state index is -0.120. The molecule has 0 aliphatic carbocycles. The van der Waals surface area contributed by atoms with E-state index in [0.29, 0.717) is 5.82 Å². The topological polar surface area (TPSA) is 95.4 Å². The second-order valence-corrected chi connectivity index (χ2v) is 2.86. The van der Waals surface area contributed by atoms with Gasteiger partial charge in [0.2, 0.25) is 0 Å². The van der Waals surface area contributed by atoms with Gasteiger partial charge in [-0.05, 0) is 29.5 Å². The Balaban J connectivity index is 2.31. The second-order valence-electron chi connectivity index (χ2n) is 2.86. The highest BCUT2D eigenvalue weighted by Crippen LogP contribution is 2.05. The van der Waals surface area contributed by atoms with Gasteiger partial charge >= 0.3 is 0 Å². The SMILES string of the molecule is C[C@H](N)c1ccc(-n2cnnn2)nn1. The molecule has 2 N–H and O–H groups in total. The van der Waals surface area contributed by atoms with E-state index in [9.17, 15) is 0 Å². The lowest BCUT2D eigenvalue weighted by Gasteiger charge is -2.03. The van der Waals surface area contributed by atoms with Crippen molar-refractivity contribution in [3.05, 3.63) is 24.2 Å². The molecule has 0 aromatic carbocycles. The van der Waals surface area contributed by atoms with E-state index in [2.05, 4.69) is 25.7 Å². The normalized spacial score (nSPS) is 12.7. The molecule has 14 heavy (non-hydrogen) atoms. The zero-order chi connectivity index (χ0) is 9.97. The van der Waals surface area contributed by atoms with Crippen molar-refractivity contribution in [1.29, 1.82) is 0 Å². The summed E-state index contributed by atoms with van der Waals surface area (Å²) in [6.07, 6.45) is 1.45. The maximum absolute atomic E-state index is 5.63. The van der Waals surface area contributed by atoms with Crippen molar-refractivity contribution >= 4 is 0 Å². The summed E-state index contributed by atoms with van der Waals surface area (Å²) in [6, 6.07) is 3.45. The first-order valence-electron chi connectivity index (χ1n) is 4.10. The van der Waals surface area contributed by atoms with Crippen LogP contribution in [-0.2, 0) is 0 Å². The van der Waals surface area contributed by atoms with Crippen LogP contribution in [0.25, 0.3) is 5.82 Å². The molecule has 72 valence electrons. The maximum Gasteiger partial charge on any atom is 0.179 e. The summed E-state index contributed by atoms with van der Waals surface area (Å²) >= 11 is 0. The third-order valence-corrected chi connectivity index (χ3v) is 1.72. The number of hydrogen-bond acceptors (Lipinski definition) is 6. The molecular formula is C7H9N7. The van der Waals surface area contributed by atoms with E-state index in [1.165, 1.54) is 11.0 Å². The lowest BCUT2D eigenvalue weighted by Crippen LogP contribution is -2.09. The fourth-order valence-electron chi connectivity index (χ4n) is 0.967. The van der Waals surface area contributed by atoms with E-state index in [-0.39, 0.29) is 6.04 Å². The van der Waals surface area contributed by atoms with E-state index < -0.39 is 0 Å². The van der Waals surface area contributed by atoms with Gasteiger partial charge in [0, 0.05) is 6.04 Å². The Hall–Kier alpha value is -1.89. The van der Waals surface area contributed by atoms with Crippen molar-refractivity contribution in [1.82, 2.24) is 30.4 Å². The van der Waals surface area contributed by atoms with Gasteiger partial charge in [0.1, 0.15) is 6.33 Å². The molecule has 7 nitrogen and oxygen atoms in total. The predicted molar refractivity (Wildman–Crippen MR) is 47.3 cm³/mol. The second kappa shape index (κ2) is 3.46. The molecule has 0 radical (unpaired) electrons. The average molecular weight is 191 g/mol. The Morgan fingerprint density at radius 1 is 1.36 bits per heavy atom. The third-order valence-electron chi connectivity index (χ3n) is 1.72. The quantitative estimate of drug-likeness (QED) is 0.685. The van der Waals surface area contributed by atoms with Gasteiger partial charge in [0.05, 0.1) is 5.69 Å². The van der Waals surface area contributed by atoms with Gasteiger partial charge in [-0.25, -0.2) is 0 Å². The van der Waals surface area contributed by atoms with Crippen LogP contribution in [0.2, 0.25) is 0 Å². The molecule has 2 heterocycles. The summed E-state index contributed by atoms with van der Waals surface area (Å²) in [6.45, 7) is 1.85. The van der Waals surface area contributed by atoms with Gasteiger partial charge in [0.15, 0.2) is 5.82 Å². The van der Waals surface area contributed by atoms with Crippen molar-refractivity contribution in [3.8, 4) is 5.82 Å². The first-order chi connectivity index (χ1) is 6.77. The molecule has 2 aromatic heterocycles. The molecule has 2 rings (SSSR count). The van der Waals surface area contributed by atoms with E-state index >= 15 is 0 Å². The Morgan fingerprint density at radius 2 is 2.21 bits per heavy atom. The summed E-state index contributed by atoms with van der Waals surface area (Å²) in [5.41, 5.74) is 6.37. The molecule has 0 spiro atoms. The van der Waals surface area contributed by atoms with E-state index in [1.807, 2.05) is 6.92 Å². The van der Waals surface area contributed by atoms with Crippen molar-refractivity contribution in [2.75, 3.05) is 0 Å². The van der Waals surface area contributed by atoms with Crippen LogP contribution in [-0.4, -0.2) is 30.4 Å². The zero-order valence-electron chi connectivity index (χ0n) is 7.57. The fraction of sp³-hybridized carbons (Fsp3) is 0.286. The highest BCUT2D eigenvalue weighted by Gasteiger charge is 2.03. The Kier molecular flexibility index (Phi) is 2.15. The average Bonchev–Trinajstić information content (AvgIpc) is 2.71. The Labute approximate surface area is 79.9 Å². The smallest absolute Gasteiger partial charge is 0.179 e. The lowest BCUT2D eigenvalue weighted by atomic mass is 10.2. The van der Waals surface area contributed by atoms with Crippen LogP contribution in [0, 0.1) is 0 Å². The molecular weight excluding hydrogens is 182 g/mol. The predicted octanol–water partition coefficient (Wildman–Crippen LogP) is -0.528. The maximum atomic E-state index is 5.63. The molecule has 1 atom stereocenters. The largest absolute Gasteiger partial charge is 0.323 e. The summed E-state index contributed by atoms with van der Waals surface area (Å²) < 4.78 is 1.43. The van der Waals surface area contributed by atoms with Gasteiger partial charge in [-0.3, -0.25) is 0 Å². The van der Waals surface area contributed by atoms with Crippen LogP contribution < -0.4 is 5.73 Å². The summed E-state index contributed by atoms with van der Waals surface area (Å²) in [5.74, 6) is 0.569. The van der Waals surface area contributed by atoms with Gasteiger partial charge in [-0.2, -0.15) is 9.78 Å². The van der Waals surface area contributed by atoms with Crippen molar-refractivity contribution in [2.45, 2.75) is 13.0 Å². The first kappa shape index (κ1) is 8.70. The standard InChI is InChI=1S/C7H9N7/c1-5(8)6-2-3-7(11-10-6)14-4-9-12-13-14/h2-5H,8H2,1H3/t5-/m0/s1. The highest BCUT2D eigenvalue weighted by molar-refractivity contribution is 5.19. The van der Waals surface area contributed by atoms with E-state index in [0.717, 1.165) is 5.69 Å². The van der Waals surface area contributed by atoms with Crippen molar-refractivity contribution < 1.29 is 0 Å². The molecule has 0 saturated heterocycles. The number of rotatable bonds is 2. The van der Waals surface area contributed by atoms with E-state index in [4.69, 9.17) is 5.73 Å². The fourth-order valence-corrected chi connectivity index (χ4v) is 0.967. The van der Waals surface area contributed by atoms with Crippen LogP contribution >= 0.6 is 0 Å². The Morgan fingerprint density at radius 3 is 2.71 bits per heavy atom. The number of tetrazole rings is 1. The van der Waals surface area contributed by atoms with Gasteiger partial charge in [0.25, 0.3) is 0 Å². The van der Waals surface area contributed by atoms with Crippen LogP contribution in [0.15, 0.2) is 18.5 Å². The lowest BCUT2D eigenvalue weighted by molar-refractivity contribution is 0.716. The highest BCUT2D eigenvalue weighted by atomic mass is 15.5. The van der Waals surface area contributed by atoms with E-state index in [1.54, 1.807) is 12.1 Å². The molecule has 7 heteroatoms. The summed E-state index contributed by atoms with van der Waals surface area (Å²) in [5, 5.41) is 18.6. The molecule has 0 fully saturated rings. The molecule has 0 aliphatic rings. The van der Waals surface area contributed by atoms with Crippen molar-refractivity contribution in [2.24, 2.45) is 5.73 Å². The minimum absolute atomic E-state index is 0.120. The summed E-state index contributed by atoms with van der Waals surface area (Å²) in [4.78, 5) is 0. The number of hydrogen-bond donors (Lipinski definition) is 1. The first-order valence-corrected chi connectivity index (χ1v) is 4.10. The molecule has 0 bridgehead atoms. The Bertz CT molecular complexity index is 390. The number of aromatic nitrogens is 6.